The monoisotopic (exact) mass is 320 g/mol. The molecule has 0 amide bonds. The summed E-state index contributed by atoms with van der Waals surface area (Å²) in [5.41, 5.74) is -0.0487. The highest BCUT2D eigenvalue weighted by molar-refractivity contribution is 7.07. The maximum atomic E-state index is 12.4. The van der Waals surface area contributed by atoms with E-state index < -0.39 is 18.0 Å². The third-order valence-corrected chi connectivity index (χ3v) is 2.86. The van der Waals surface area contributed by atoms with Gasteiger partial charge in [-0.1, -0.05) is 0 Å². The molecule has 0 unspecified atom stereocenters. The number of aromatic carboxylic acids is 1. The van der Waals surface area contributed by atoms with E-state index >= 15 is 0 Å². The van der Waals surface area contributed by atoms with E-state index in [-0.39, 0.29) is 22.3 Å². The van der Waals surface area contributed by atoms with Crippen molar-refractivity contribution in [1.29, 1.82) is 0 Å². The highest BCUT2D eigenvalue weighted by atomic mass is 32.1. The van der Waals surface area contributed by atoms with Gasteiger partial charge >= 0.3 is 12.1 Å². The molecule has 0 radical (unpaired) electrons. The topological polar surface area (TPSA) is 81.5 Å². The second-order valence-corrected chi connectivity index (χ2v) is 4.37. The van der Waals surface area contributed by atoms with E-state index in [0.717, 1.165) is 0 Å². The van der Waals surface area contributed by atoms with Gasteiger partial charge in [-0.25, -0.2) is 4.79 Å². The summed E-state index contributed by atoms with van der Waals surface area (Å²) in [5, 5.41) is 8.51. The standard InChI is InChI=1S/C11H7F3N2O4S/c1-19-7-4-5(8(17)18)2-3-6(7)20-10-15-9(16-21-10)11(12,13)14/h2-4H,1H3,(H,17,18). The van der Waals surface area contributed by atoms with Gasteiger partial charge in [-0.15, -0.1) is 0 Å². The predicted molar refractivity (Wildman–Crippen MR) is 64.9 cm³/mol. The SMILES string of the molecule is COc1cc(C(=O)O)ccc1Oc1nc(C(F)(F)F)ns1. The van der Waals surface area contributed by atoms with Gasteiger partial charge in [0.25, 0.3) is 11.0 Å². The molecule has 1 aromatic carbocycles. The van der Waals surface area contributed by atoms with Crippen molar-refractivity contribution in [3.05, 3.63) is 29.6 Å². The quantitative estimate of drug-likeness (QED) is 0.932. The number of carboxylic acid groups (broad SMARTS) is 1. The molecule has 0 saturated heterocycles. The maximum absolute atomic E-state index is 12.4. The fourth-order valence-electron chi connectivity index (χ4n) is 1.35. The number of halogens is 3. The number of aromatic nitrogens is 2. The molecular formula is C11H7F3N2O4S. The zero-order chi connectivity index (χ0) is 15.6. The first-order valence-electron chi connectivity index (χ1n) is 5.31. The molecule has 0 spiro atoms. The highest BCUT2D eigenvalue weighted by Gasteiger charge is 2.36. The summed E-state index contributed by atoms with van der Waals surface area (Å²) in [7, 11) is 1.27. The number of methoxy groups -OCH3 is 1. The van der Waals surface area contributed by atoms with Crippen molar-refractivity contribution in [3.8, 4) is 16.7 Å². The summed E-state index contributed by atoms with van der Waals surface area (Å²) >= 11 is 0.426. The van der Waals surface area contributed by atoms with Gasteiger partial charge < -0.3 is 14.6 Å². The van der Waals surface area contributed by atoms with Crippen molar-refractivity contribution >= 4 is 17.5 Å². The molecular weight excluding hydrogens is 313 g/mol. The van der Waals surface area contributed by atoms with Crippen LogP contribution >= 0.6 is 11.5 Å². The Morgan fingerprint density at radius 3 is 2.57 bits per heavy atom. The second-order valence-electron chi connectivity index (χ2n) is 3.65. The van der Waals surface area contributed by atoms with Crippen LogP contribution in [0, 0.1) is 0 Å². The summed E-state index contributed by atoms with van der Waals surface area (Å²) in [5.74, 6) is -2.38. The minimum atomic E-state index is -4.66. The summed E-state index contributed by atoms with van der Waals surface area (Å²) in [4.78, 5) is 14.0. The zero-order valence-corrected chi connectivity index (χ0v) is 11.2. The van der Waals surface area contributed by atoms with E-state index in [9.17, 15) is 18.0 Å². The number of rotatable bonds is 4. The van der Waals surface area contributed by atoms with Crippen molar-refractivity contribution < 1.29 is 32.5 Å². The number of carbonyl (C=O) groups is 1. The van der Waals surface area contributed by atoms with Gasteiger partial charge in [-0.05, 0) is 18.2 Å². The van der Waals surface area contributed by atoms with E-state index in [1.54, 1.807) is 0 Å². The molecule has 2 aromatic rings. The Labute approximate surface area is 119 Å². The largest absolute Gasteiger partial charge is 0.493 e. The van der Waals surface area contributed by atoms with Gasteiger partial charge in [0.1, 0.15) is 0 Å². The Hall–Kier alpha value is -2.36. The van der Waals surface area contributed by atoms with Crippen LogP contribution in [0.5, 0.6) is 16.7 Å². The molecule has 1 heterocycles. The Bertz CT molecular complexity index is 672. The lowest BCUT2D eigenvalue weighted by molar-refractivity contribution is -0.144. The molecule has 0 aliphatic rings. The molecule has 112 valence electrons. The van der Waals surface area contributed by atoms with Gasteiger partial charge in [0.05, 0.1) is 12.7 Å². The normalized spacial score (nSPS) is 11.2. The van der Waals surface area contributed by atoms with E-state index in [0.29, 0.717) is 11.5 Å². The van der Waals surface area contributed by atoms with Crippen LogP contribution in [-0.2, 0) is 6.18 Å². The number of hydrogen-bond donors (Lipinski definition) is 1. The molecule has 1 N–H and O–H groups in total. The van der Waals surface area contributed by atoms with Crippen LogP contribution in [0.2, 0.25) is 0 Å². The van der Waals surface area contributed by atoms with Gasteiger partial charge in [0.15, 0.2) is 11.5 Å². The first kappa shape index (κ1) is 15.0. The van der Waals surface area contributed by atoms with Crippen molar-refractivity contribution in [1.82, 2.24) is 9.36 Å². The highest BCUT2D eigenvalue weighted by Crippen LogP contribution is 2.35. The van der Waals surface area contributed by atoms with Crippen molar-refractivity contribution in [2.45, 2.75) is 6.18 Å². The summed E-state index contributed by atoms with van der Waals surface area (Å²) in [6, 6.07) is 3.67. The third-order valence-electron chi connectivity index (χ3n) is 2.27. The fourth-order valence-corrected chi connectivity index (χ4v) is 1.91. The number of ether oxygens (including phenoxy) is 2. The number of alkyl halides is 3. The predicted octanol–water partition coefficient (Wildman–Crippen LogP) is 3.06. The van der Waals surface area contributed by atoms with Gasteiger partial charge in [-0.2, -0.15) is 22.5 Å². The summed E-state index contributed by atoms with van der Waals surface area (Å²) in [6.07, 6.45) is -4.66. The van der Waals surface area contributed by atoms with Gasteiger partial charge in [-0.3, -0.25) is 0 Å². The Morgan fingerprint density at radius 1 is 1.33 bits per heavy atom. The average molecular weight is 320 g/mol. The molecule has 0 aliphatic carbocycles. The van der Waals surface area contributed by atoms with E-state index in [1.807, 2.05) is 0 Å². The molecule has 0 bridgehead atoms. The molecule has 0 aliphatic heterocycles. The Balaban J connectivity index is 2.27. The van der Waals surface area contributed by atoms with Crippen LogP contribution in [-0.4, -0.2) is 27.5 Å². The lowest BCUT2D eigenvalue weighted by atomic mass is 10.2. The van der Waals surface area contributed by atoms with Crippen LogP contribution in [0.3, 0.4) is 0 Å². The molecule has 10 heteroatoms. The lowest BCUT2D eigenvalue weighted by Crippen LogP contribution is -2.07. The number of benzene rings is 1. The summed E-state index contributed by atoms with van der Waals surface area (Å²) in [6.45, 7) is 0. The minimum absolute atomic E-state index is 0.0346. The number of hydrogen-bond acceptors (Lipinski definition) is 6. The molecule has 2 rings (SSSR count). The molecule has 1 aromatic heterocycles. The third kappa shape index (κ3) is 3.40. The van der Waals surface area contributed by atoms with Crippen molar-refractivity contribution in [2.75, 3.05) is 7.11 Å². The minimum Gasteiger partial charge on any atom is -0.493 e. The smallest absolute Gasteiger partial charge is 0.452 e. The van der Waals surface area contributed by atoms with Crippen LogP contribution in [0.25, 0.3) is 0 Å². The van der Waals surface area contributed by atoms with Crippen LogP contribution in [0.15, 0.2) is 18.2 Å². The van der Waals surface area contributed by atoms with Crippen LogP contribution in [0.1, 0.15) is 16.2 Å². The summed E-state index contributed by atoms with van der Waals surface area (Å²) < 4.78 is 50.3. The van der Waals surface area contributed by atoms with Crippen molar-refractivity contribution in [3.63, 3.8) is 0 Å². The number of nitrogens with zero attached hydrogens (tertiary/aromatic N) is 2. The zero-order valence-electron chi connectivity index (χ0n) is 10.3. The van der Waals surface area contributed by atoms with Gasteiger partial charge in [0.2, 0.25) is 0 Å². The average Bonchev–Trinajstić information content (AvgIpc) is 2.87. The molecule has 6 nitrogen and oxygen atoms in total. The van der Waals surface area contributed by atoms with Crippen molar-refractivity contribution in [2.24, 2.45) is 0 Å². The maximum Gasteiger partial charge on any atom is 0.452 e. The Morgan fingerprint density at radius 2 is 2.05 bits per heavy atom. The first-order valence-corrected chi connectivity index (χ1v) is 6.08. The Kier molecular flexibility index (Phi) is 3.98. The molecule has 0 fully saturated rings. The van der Waals surface area contributed by atoms with E-state index in [1.165, 1.54) is 25.3 Å². The molecule has 0 atom stereocenters. The second kappa shape index (κ2) is 5.56. The molecule has 21 heavy (non-hydrogen) atoms. The first-order chi connectivity index (χ1) is 9.81. The van der Waals surface area contributed by atoms with E-state index in [2.05, 4.69) is 9.36 Å². The fraction of sp³-hybridized carbons (Fsp3) is 0.182. The van der Waals surface area contributed by atoms with Gasteiger partial charge in [0, 0.05) is 11.5 Å². The lowest BCUT2D eigenvalue weighted by Gasteiger charge is -2.08. The number of carboxylic acids is 1. The van der Waals surface area contributed by atoms with E-state index in [4.69, 9.17) is 14.6 Å². The van der Waals surface area contributed by atoms with Crippen LogP contribution in [0.4, 0.5) is 13.2 Å². The molecule has 0 saturated carbocycles. The van der Waals surface area contributed by atoms with Crippen LogP contribution < -0.4 is 9.47 Å².